The molecule has 0 radical (unpaired) electrons. The first kappa shape index (κ1) is 15.5. The summed E-state index contributed by atoms with van der Waals surface area (Å²) >= 11 is 8.84. The highest BCUT2D eigenvalue weighted by atomic mass is 79.9. The van der Waals surface area contributed by atoms with Gasteiger partial charge in [-0.2, -0.15) is 0 Å². The van der Waals surface area contributed by atoms with Crippen LogP contribution in [0.25, 0.3) is 0 Å². The molecule has 8 heteroatoms. The van der Waals surface area contributed by atoms with Crippen LogP contribution in [0.5, 0.6) is 0 Å². The Hall–Kier alpha value is -0.860. The molecule has 0 saturated heterocycles. The summed E-state index contributed by atoms with van der Waals surface area (Å²) in [5, 5.41) is 0.599. The highest BCUT2D eigenvalue weighted by Gasteiger charge is 2.21. The number of nitrogens with two attached hydrogens (primary N) is 1. The Labute approximate surface area is 130 Å². The van der Waals surface area contributed by atoms with E-state index in [1.807, 2.05) is 0 Å². The zero-order chi connectivity index (χ0) is 14.8. The quantitative estimate of drug-likeness (QED) is 0.836. The van der Waals surface area contributed by atoms with Gasteiger partial charge in [0.15, 0.2) is 4.67 Å². The topological polar surface area (TPSA) is 85.3 Å². The van der Waals surface area contributed by atoms with E-state index in [9.17, 15) is 8.42 Å². The Morgan fingerprint density at radius 1 is 1.30 bits per heavy atom. The van der Waals surface area contributed by atoms with Crippen LogP contribution in [0.3, 0.4) is 0 Å². The van der Waals surface area contributed by atoms with E-state index < -0.39 is 10.0 Å². The van der Waals surface area contributed by atoms with E-state index in [2.05, 4.69) is 20.7 Å². The number of nitrogens with one attached hydrogen (secondary N) is 1. The minimum atomic E-state index is -3.67. The lowest BCUT2D eigenvalue weighted by atomic mass is 10.2. The highest BCUT2D eigenvalue weighted by Crippen LogP contribution is 2.26. The smallest absolute Gasteiger partial charge is 0.245 e. The van der Waals surface area contributed by atoms with Crippen LogP contribution in [0.1, 0.15) is 11.3 Å². The van der Waals surface area contributed by atoms with Crippen molar-refractivity contribution >= 4 is 37.6 Å². The lowest BCUT2D eigenvalue weighted by Gasteiger charge is -2.05. The number of furan rings is 1. The van der Waals surface area contributed by atoms with Crippen molar-refractivity contribution in [1.82, 2.24) is 4.72 Å². The zero-order valence-electron chi connectivity index (χ0n) is 10.3. The average molecular weight is 380 g/mol. The molecule has 3 N–H and O–H groups in total. The monoisotopic (exact) mass is 378 g/mol. The van der Waals surface area contributed by atoms with Gasteiger partial charge >= 0.3 is 0 Å². The predicted octanol–water partition coefficient (Wildman–Crippen LogP) is 2.63. The maximum absolute atomic E-state index is 12.2. The molecule has 1 aromatic heterocycles. The van der Waals surface area contributed by atoms with Gasteiger partial charge in [-0.15, -0.1) is 0 Å². The van der Waals surface area contributed by atoms with Crippen LogP contribution >= 0.6 is 27.5 Å². The van der Waals surface area contributed by atoms with Gasteiger partial charge in [0.05, 0.1) is 6.54 Å². The molecule has 2 aromatic rings. The average Bonchev–Trinajstić information content (AvgIpc) is 2.80. The van der Waals surface area contributed by atoms with Crippen molar-refractivity contribution in [3.63, 3.8) is 0 Å². The van der Waals surface area contributed by atoms with Crippen molar-refractivity contribution in [2.45, 2.75) is 18.0 Å². The second kappa shape index (κ2) is 6.28. The third-order valence-electron chi connectivity index (χ3n) is 2.58. The summed E-state index contributed by atoms with van der Waals surface area (Å²) in [5.74, 6) is 0.392. The van der Waals surface area contributed by atoms with Crippen molar-refractivity contribution < 1.29 is 12.8 Å². The first-order valence-electron chi connectivity index (χ1n) is 5.65. The van der Waals surface area contributed by atoms with Crippen LogP contribution in [0.4, 0.5) is 0 Å². The van der Waals surface area contributed by atoms with Gasteiger partial charge in [0.1, 0.15) is 10.7 Å². The van der Waals surface area contributed by atoms with Gasteiger partial charge < -0.3 is 10.2 Å². The van der Waals surface area contributed by atoms with Crippen LogP contribution in [0, 0.1) is 0 Å². The minimum absolute atomic E-state index is 0.0342. The second-order valence-electron chi connectivity index (χ2n) is 4.01. The van der Waals surface area contributed by atoms with Gasteiger partial charge in [-0.3, -0.25) is 0 Å². The standard InChI is InChI=1S/C12H12BrClN2O3S/c13-12-11(5-10(6-15)19-12)20(17,18)16-7-8-1-3-9(14)4-2-8/h1-5,16H,6-7,15H2. The van der Waals surface area contributed by atoms with Crippen LogP contribution in [-0.2, 0) is 23.1 Å². The third-order valence-corrected chi connectivity index (χ3v) is 5.09. The molecule has 20 heavy (non-hydrogen) atoms. The Morgan fingerprint density at radius 3 is 2.50 bits per heavy atom. The van der Waals surface area contributed by atoms with Gasteiger partial charge in [0, 0.05) is 17.6 Å². The number of sulfonamides is 1. The van der Waals surface area contributed by atoms with Crippen LogP contribution in [0.2, 0.25) is 5.02 Å². The maximum Gasteiger partial charge on any atom is 0.245 e. The normalized spacial score (nSPS) is 11.8. The first-order chi connectivity index (χ1) is 9.42. The molecule has 2 rings (SSSR count). The molecular formula is C12H12BrClN2O3S. The van der Waals surface area contributed by atoms with E-state index in [0.29, 0.717) is 10.8 Å². The van der Waals surface area contributed by atoms with Crippen molar-refractivity contribution in [2.24, 2.45) is 5.73 Å². The molecule has 0 aliphatic heterocycles. The van der Waals surface area contributed by atoms with Crippen LogP contribution in [-0.4, -0.2) is 8.42 Å². The van der Waals surface area contributed by atoms with E-state index in [0.717, 1.165) is 5.56 Å². The van der Waals surface area contributed by atoms with Crippen molar-refractivity contribution in [3.05, 3.63) is 51.3 Å². The number of benzene rings is 1. The fourth-order valence-corrected chi connectivity index (χ4v) is 3.68. The van der Waals surface area contributed by atoms with Gasteiger partial charge in [0.25, 0.3) is 0 Å². The molecule has 1 aromatic carbocycles. The summed E-state index contributed by atoms with van der Waals surface area (Å²) < 4.78 is 32.1. The lowest BCUT2D eigenvalue weighted by Crippen LogP contribution is -2.23. The molecule has 5 nitrogen and oxygen atoms in total. The Bertz CT molecular complexity index is 698. The van der Waals surface area contributed by atoms with Gasteiger partial charge in [-0.25, -0.2) is 13.1 Å². The van der Waals surface area contributed by atoms with Crippen molar-refractivity contribution in [2.75, 3.05) is 0 Å². The molecule has 0 atom stereocenters. The highest BCUT2D eigenvalue weighted by molar-refractivity contribution is 9.10. The first-order valence-corrected chi connectivity index (χ1v) is 8.30. The van der Waals surface area contributed by atoms with E-state index in [4.69, 9.17) is 21.8 Å². The van der Waals surface area contributed by atoms with E-state index >= 15 is 0 Å². The van der Waals surface area contributed by atoms with Crippen LogP contribution in [0.15, 0.2) is 44.3 Å². The number of hydrogen-bond donors (Lipinski definition) is 2. The summed E-state index contributed by atoms with van der Waals surface area (Å²) in [7, 11) is -3.67. The zero-order valence-corrected chi connectivity index (χ0v) is 13.4. The molecule has 0 aliphatic carbocycles. The molecule has 0 saturated carbocycles. The maximum atomic E-state index is 12.2. The van der Waals surface area contributed by atoms with E-state index in [1.54, 1.807) is 24.3 Å². The minimum Gasteiger partial charge on any atom is -0.452 e. The third kappa shape index (κ3) is 3.62. The molecular weight excluding hydrogens is 368 g/mol. The SMILES string of the molecule is NCc1cc(S(=O)(=O)NCc2ccc(Cl)cc2)c(Br)o1. The predicted molar refractivity (Wildman–Crippen MR) is 79.8 cm³/mol. The molecule has 0 bridgehead atoms. The number of hydrogen-bond acceptors (Lipinski definition) is 4. The molecule has 1 heterocycles. The van der Waals surface area contributed by atoms with E-state index in [-0.39, 0.29) is 22.7 Å². The molecule has 108 valence electrons. The van der Waals surface area contributed by atoms with Crippen LogP contribution < -0.4 is 10.5 Å². The summed E-state index contributed by atoms with van der Waals surface area (Å²) in [4.78, 5) is 0.0342. The van der Waals surface area contributed by atoms with Crippen molar-refractivity contribution in [3.8, 4) is 0 Å². The summed E-state index contributed by atoms with van der Waals surface area (Å²) in [5.41, 5.74) is 6.21. The largest absolute Gasteiger partial charge is 0.452 e. The molecule has 0 spiro atoms. The van der Waals surface area contributed by atoms with Gasteiger partial charge in [-0.05, 0) is 33.6 Å². The summed E-state index contributed by atoms with van der Waals surface area (Å²) in [6.07, 6.45) is 0. The molecule has 0 aliphatic rings. The Balaban J connectivity index is 2.14. The number of rotatable bonds is 5. The Kier molecular flexibility index (Phi) is 4.87. The van der Waals surface area contributed by atoms with E-state index in [1.165, 1.54) is 6.07 Å². The second-order valence-corrected chi connectivity index (χ2v) is 6.90. The molecule has 0 amide bonds. The molecule has 0 fully saturated rings. The Morgan fingerprint density at radius 2 is 1.95 bits per heavy atom. The molecule has 0 unspecified atom stereocenters. The summed E-state index contributed by atoms with van der Waals surface area (Å²) in [6.45, 7) is 0.292. The van der Waals surface area contributed by atoms with Gasteiger partial charge in [-0.1, -0.05) is 23.7 Å². The van der Waals surface area contributed by atoms with Gasteiger partial charge in [0.2, 0.25) is 10.0 Å². The fraction of sp³-hybridized carbons (Fsp3) is 0.167. The number of halogens is 2. The lowest BCUT2D eigenvalue weighted by molar-refractivity contribution is 0.483. The summed E-state index contributed by atoms with van der Waals surface area (Å²) in [6, 6.07) is 8.30. The van der Waals surface area contributed by atoms with Crippen molar-refractivity contribution in [1.29, 1.82) is 0 Å². The fourth-order valence-electron chi connectivity index (χ4n) is 1.54.